The van der Waals surface area contributed by atoms with Crippen LogP contribution in [-0.2, 0) is 13.9 Å². The molecule has 0 amide bonds. The Kier molecular flexibility index (Phi) is 4.97. The van der Waals surface area contributed by atoms with E-state index < -0.39 is 13.9 Å². The summed E-state index contributed by atoms with van der Waals surface area (Å²) in [5.74, 6) is 0. The van der Waals surface area contributed by atoms with Gasteiger partial charge in [-0.2, -0.15) is 0 Å². The summed E-state index contributed by atoms with van der Waals surface area (Å²) in [5.41, 5.74) is 0. The minimum atomic E-state index is -4.47. The quantitative estimate of drug-likeness (QED) is 0.371. The van der Waals surface area contributed by atoms with Gasteiger partial charge < -0.3 is 9.79 Å². The van der Waals surface area contributed by atoms with E-state index in [9.17, 15) is 9.36 Å². The second-order valence-corrected chi connectivity index (χ2v) is 3.25. The van der Waals surface area contributed by atoms with Crippen molar-refractivity contribution in [3.8, 4) is 0 Å². The first-order chi connectivity index (χ1) is 5.49. The van der Waals surface area contributed by atoms with Gasteiger partial charge in [0.15, 0.2) is 0 Å². The van der Waals surface area contributed by atoms with Crippen molar-refractivity contribution < 1.29 is 23.7 Å². The van der Waals surface area contributed by atoms with Crippen LogP contribution >= 0.6 is 7.82 Å². The molecule has 0 fully saturated rings. The average Bonchev–Trinajstić information content (AvgIpc) is 1.95. The van der Waals surface area contributed by atoms with E-state index in [0.717, 1.165) is 0 Å². The molecule has 0 saturated heterocycles. The molecule has 0 aliphatic heterocycles. The van der Waals surface area contributed by atoms with Crippen molar-refractivity contribution in [1.29, 1.82) is 0 Å². The van der Waals surface area contributed by atoms with Gasteiger partial charge in [-0.05, 0) is 6.42 Å². The van der Waals surface area contributed by atoms with Crippen LogP contribution in [0, 0.1) is 0 Å². The summed E-state index contributed by atoms with van der Waals surface area (Å²) in [6.45, 7) is 1.59. The number of hydrogen-bond donors (Lipinski definition) is 2. The Labute approximate surface area is 69.5 Å². The maximum Gasteiger partial charge on any atom is 0.469 e. The highest BCUT2D eigenvalue weighted by atomic mass is 31.2. The lowest BCUT2D eigenvalue weighted by Gasteiger charge is -2.12. The number of phosphoric acid groups is 1. The van der Waals surface area contributed by atoms with Crippen molar-refractivity contribution in [2.45, 2.75) is 19.4 Å². The molecule has 0 aromatic rings. The first-order valence-electron chi connectivity index (χ1n) is 3.27. The van der Waals surface area contributed by atoms with Crippen molar-refractivity contribution in [2.24, 2.45) is 4.99 Å². The van der Waals surface area contributed by atoms with E-state index in [1.54, 1.807) is 6.92 Å². The fourth-order valence-corrected chi connectivity index (χ4v) is 1.17. The standard InChI is InChI=1S/C5H10NO5P/c1-2-5(3-6-4-7)11-12(8,9)10/h5H,2-3H2,1H3,(H2,8,9,10). The first kappa shape index (κ1) is 11.5. The van der Waals surface area contributed by atoms with Gasteiger partial charge in [0.1, 0.15) is 0 Å². The molecular weight excluding hydrogens is 185 g/mol. The molecule has 0 saturated carbocycles. The minimum Gasteiger partial charge on any atom is -0.303 e. The van der Waals surface area contributed by atoms with Crippen molar-refractivity contribution in [2.75, 3.05) is 6.54 Å². The molecule has 0 rings (SSSR count). The van der Waals surface area contributed by atoms with E-state index in [-0.39, 0.29) is 6.54 Å². The predicted octanol–water partition coefficient (Wildman–Crippen LogP) is 0.210. The van der Waals surface area contributed by atoms with E-state index in [1.165, 1.54) is 6.08 Å². The van der Waals surface area contributed by atoms with Crippen molar-refractivity contribution in [1.82, 2.24) is 0 Å². The molecule has 1 unspecified atom stereocenters. The van der Waals surface area contributed by atoms with Gasteiger partial charge in [-0.25, -0.2) is 14.4 Å². The number of nitrogens with zero attached hydrogens (tertiary/aromatic N) is 1. The minimum absolute atomic E-state index is 0.0783. The average molecular weight is 195 g/mol. The largest absolute Gasteiger partial charge is 0.469 e. The Morgan fingerprint density at radius 3 is 2.58 bits per heavy atom. The van der Waals surface area contributed by atoms with Crippen LogP contribution in [0.25, 0.3) is 0 Å². The van der Waals surface area contributed by atoms with Gasteiger partial charge in [0.05, 0.1) is 12.6 Å². The number of phosphoric ester groups is 1. The van der Waals surface area contributed by atoms with Gasteiger partial charge in [0, 0.05) is 0 Å². The number of rotatable bonds is 5. The molecule has 0 aromatic carbocycles. The highest BCUT2D eigenvalue weighted by Gasteiger charge is 2.20. The summed E-state index contributed by atoms with van der Waals surface area (Å²) in [5, 5.41) is 0. The van der Waals surface area contributed by atoms with Crippen LogP contribution in [0.3, 0.4) is 0 Å². The van der Waals surface area contributed by atoms with Crippen LogP contribution in [0.5, 0.6) is 0 Å². The molecular formula is C5H10NO5P. The SMILES string of the molecule is CCC(CN=C=O)OP(=O)(O)O. The highest BCUT2D eigenvalue weighted by molar-refractivity contribution is 7.46. The monoisotopic (exact) mass is 195 g/mol. The van der Waals surface area contributed by atoms with E-state index in [0.29, 0.717) is 6.42 Å². The summed E-state index contributed by atoms with van der Waals surface area (Å²) in [6, 6.07) is 0. The second kappa shape index (κ2) is 5.19. The third kappa shape index (κ3) is 6.22. The molecule has 0 bridgehead atoms. The van der Waals surface area contributed by atoms with Gasteiger partial charge in [0.2, 0.25) is 6.08 Å². The first-order valence-corrected chi connectivity index (χ1v) is 4.80. The maximum atomic E-state index is 10.3. The zero-order valence-corrected chi connectivity index (χ0v) is 7.40. The Morgan fingerprint density at radius 2 is 2.25 bits per heavy atom. The Hall–Kier alpha value is -0.510. The zero-order chi connectivity index (χ0) is 9.61. The van der Waals surface area contributed by atoms with Gasteiger partial charge in [-0.3, -0.25) is 4.52 Å². The van der Waals surface area contributed by atoms with Crippen LogP contribution in [0.2, 0.25) is 0 Å². The summed E-state index contributed by atoms with van der Waals surface area (Å²) in [7, 11) is -4.47. The molecule has 0 radical (unpaired) electrons. The molecule has 70 valence electrons. The van der Waals surface area contributed by atoms with Crippen molar-refractivity contribution >= 4 is 13.9 Å². The van der Waals surface area contributed by atoms with E-state index in [2.05, 4.69) is 9.52 Å². The summed E-state index contributed by atoms with van der Waals surface area (Å²) < 4.78 is 14.6. The van der Waals surface area contributed by atoms with Crippen molar-refractivity contribution in [3.63, 3.8) is 0 Å². The smallest absolute Gasteiger partial charge is 0.303 e. The van der Waals surface area contributed by atoms with Crippen LogP contribution in [0.15, 0.2) is 4.99 Å². The molecule has 12 heavy (non-hydrogen) atoms. The second-order valence-electron chi connectivity index (χ2n) is 2.06. The van der Waals surface area contributed by atoms with Gasteiger partial charge >= 0.3 is 7.82 Å². The molecule has 0 aromatic heterocycles. The summed E-state index contributed by atoms with van der Waals surface area (Å²) in [6.07, 6.45) is 0.902. The molecule has 0 spiro atoms. The van der Waals surface area contributed by atoms with Crippen LogP contribution in [-0.4, -0.2) is 28.5 Å². The molecule has 7 heteroatoms. The lowest BCUT2D eigenvalue weighted by molar-refractivity contribution is 0.135. The Balaban J connectivity index is 4.00. The normalized spacial score (nSPS) is 13.6. The molecule has 0 aliphatic rings. The lowest BCUT2D eigenvalue weighted by Crippen LogP contribution is -2.13. The third-order valence-corrected chi connectivity index (χ3v) is 1.67. The molecule has 2 N–H and O–H groups in total. The fraction of sp³-hybridized carbons (Fsp3) is 0.800. The third-order valence-electron chi connectivity index (χ3n) is 1.10. The van der Waals surface area contributed by atoms with Gasteiger partial charge in [-0.15, -0.1) is 0 Å². The summed E-state index contributed by atoms with van der Waals surface area (Å²) >= 11 is 0. The van der Waals surface area contributed by atoms with E-state index in [1.807, 2.05) is 0 Å². The lowest BCUT2D eigenvalue weighted by atomic mass is 10.3. The zero-order valence-electron chi connectivity index (χ0n) is 6.51. The molecule has 6 nitrogen and oxygen atoms in total. The number of carbonyl (C=O) groups excluding carboxylic acids is 1. The fourth-order valence-electron chi connectivity index (χ4n) is 0.570. The maximum absolute atomic E-state index is 10.3. The van der Waals surface area contributed by atoms with Crippen LogP contribution in [0.4, 0.5) is 0 Å². The van der Waals surface area contributed by atoms with Crippen LogP contribution in [0.1, 0.15) is 13.3 Å². The highest BCUT2D eigenvalue weighted by Crippen LogP contribution is 2.38. The van der Waals surface area contributed by atoms with Gasteiger partial charge in [0.25, 0.3) is 0 Å². The van der Waals surface area contributed by atoms with E-state index in [4.69, 9.17) is 9.79 Å². The number of hydrogen-bond acceptors (Lipinski definition) is 4. The topological polar surface area (TPSA) is 96.2 Å². The van der Waals surface area contributed by atoms with Crippen LogP contribution < -0.4 is 0 Å². The Bertz CT molecular complexity index is 218. The number of isocyanates is 1. The molecule has 1 atom stereocenters. The Morgan fingerprint density at radius 1 is 1.67 bits per heavy atom. The van der Waals surface area contributed by atoms with Crippen molar-refractivity contribution in [3.05, 3.63) is 0 Å². The van der Waals surface area contributed by atoms with Gasteiger partial charge in [-0.1, -0.05) is 6.92 Å². The molecule has 0 heterocycles. The summed E-state index contributed by atoms with van der Waals surface area (Å²) in [4.78, 5) is 29.5. The van der Waals surface area contributed by atoms with E-state index >= 15 is 0 Å². The number of aliphatic imine (C=N–C) groups is 1. The predicted molar refractivity (Wildman–Crippen MR) is 40.2 cm³/mol. The molecule has 0 aliphatic carbocycles.